The summed E-state index contributed by atoms with van der Waals surface area (Å²) in [5, 5.41) is 23.1. The SMILES string of the molecule is CC(N)=NCCCCC(=O)Nc1cc(C(F)(F)F)cc(NC(=O)c2cc(C(=O)Nc3cc(C(F)(F)F)cc(NC(=O)CCCCCCC(=N)N)c3O[C@H]3CCNC3)ncn2)c1O[C@H]1CCNC1. The Bertz CT molecular complexity index is 2280. The summed E-state index contributed by atoms with van der Waals surface area (Å²) in [5.41, 5.74) is 5.64. The molecule has 3 heterocycles. The predicted molar refractivity (Wildman–Crippen MR) is 238 cm³/mol. The first-order valence-electron chi connectivity index (χ1n) is 21.7. The van der Waals surface area contributed by atoms with Crippen LogP contribution in [0.5, 0.6) is 11.5 Å². The zero-order valence-corrected chi connectivity index (χ0v) is 36.6. The van der Waals surface area contributed by atoms with Gasteiger partial charge in [0, 0.05) is 45.0 Å². The monoisotopic (exact) mass is 948 g/mol. The van der Waals surface area contributed by atoms with Crippen molar-refractivity contribution in [3.8, 4) is 11.5 Å². The Morgan fingerprint density at radius 2 is 1.09 bits per heavy atom. The number of amidine groups is 2. The molecule has 67 heavy (non-hydrogen) atoms. The molecule has 0 radical (unpaired) electrons. The highest BCUT2D eigenvalue weighted by Crippen LogP contribution is 2.43. The van der Waals surface area contributed by atoms with Crippen molar-refractivity contribution >= 4 is 58.0 Å². The third-order valence-corrected chi connectivity index (χ3v) is 10.4. The molecule has 2 saturated heterocycles. The molecule has 24 heteroatoms. The number of nitrogens with zero attached hydrogens (tertiary/aromatic N) is 3. The molecule has 3 aromatic rings. The first kappa shape index (κ1) is 51.4. The van der Waals surface area contributed by atoms with Crippen LogP contribution in [-0.4, -0.2) is 90.2 Å². The van der Waals surface area contributed by atoms with Gasteiger partial charge in [-0.1, -0.05) is 12.8 Å². The minimum atomic E-state index is -4.95. The van der Waals surface area contributed by atoms with E-state index in [1.165, 1.54) is 0 Å². The number of aliphatic imine (C=N–C) groups is 1. The maximum Gasteiger partial charge on any atom is 0.416 e. The Labute approximate surface area is 381 Å². The molecule has 1 aromatic heterocycles. The van der Waals surface area contributed by atoms with Crippen LogP contribution in [0, 0.1) is 5.41 Å². The van der Waals surface area contributed by atoms with Gasteiger partial charge in [-0.15, -0.1) is 0 Å². The van der Waals surface area contributed by atoms with Crippen molar-refractivity contribution in [3.63, 3.8) is 0 Å². The fourth-order valence-electron chi connectivity index (χ4n) is 7.01. The number of aromatic nitrogens is 2. The molecule has 2 fully saturated rings. The van der Waals surface area contributed by atoms with Crippen molar-refractivity contribution < 1.29 is 55.0 Å². The highest BCUT2D eigenvalue weighted by atomic mass is 19.4. The molecule has 5 rings (SSSR count). The number of ether oxygens (including phenoxy) is 2. The van der Waals surface area contributed by atoms with Gasteiger partial charge in [0.2, 0.25) is 11.8 Å². The number of alkyl halides is 6. The Morgan fingerprint density at radius 3 is 1.48 bits per heavy atom. The average molecular weight is 949 g/mol. The molecular formula is C43H54F6N12O6. The number of amides is 4. The molecule has 0 spiro atoms. The van der Waals surface area contributed by atoms with Gasteiger partial charge in [0.25, 0.3) is 11.8 Å². The number of unbranched alkanes of at least 4 members (excludes halogenated alkanes) is 4. The van der Waals surface area contributed by atoms with E-state index in [1.54, 1.807) is 6.92 Å². The number of carbonyl (C=O) groups excluding carboxylic acids is 4. The lowest BCUT2D eigenvalue weighted by Crippen LogP contribution is -2.24. The van der Waals surface area contributed by atoms with Gasteiger partial charge >= 0.3 is 12.4 Å². The van der Waals surface area contributed by atoms with Crippen LogP contribution in [0.25, 0.3) is 0 Å². The van der Waals surface area contributed by atoms with Crippen molar-refractivity contribution in [3.05, 3.63) is 59.2 Å². The van der Waals surface area contributed by atoms with E-state index in [0.29, 0.717) is 121 Å². The van der Waals surface area contributed by atoms with Crippen LogP contribution in [0.4, 0.5) is 49.1 Å². The van der Waals surface area contributed by atoms with E-state index in [9.17, 15) is 45.5 Å². The van der Waals surface area contributed by atoms with Gasteiger partial charge in [-0.2, -0.15) is 26.3 Å². The highest BCUT2D eigenvalue weighted by molar-refractivity contribution is 6.09. The van der Waals surface area contributed by atoms with E-state index in [0.717, 1.165) is 12.4 Å². The quantitative estimate of drug-likeness (QED) is 0.0236. The van der Waals surface area contributed by atoms with Crippen LogP contribution in [-0.2, 0) is 21.9 Å². The number of benzene rings is 2. The second-order valence-electron chi connectivity index (χ2n) is 16.0. The molecule has 0 bridgehead atoms. The zero-order valence-electron chi connectivity index (χ0n) is 36.6. The third-order valence-electron chi connectivity index (χ3n) is 10.4. The zero-order chi connectivity index (χ0) is 48.7. The van der Waals surface area contributed by atoms with Gasteiger partial charge < -0.3 is 52.8 Å². The molecule has 364 valence electrons. The standard InChI is InChI=1S/C43H54F6N12O6/c1-24(50)55-13-7-6-10-37(63)59-30-17-26(43(47,48)49)19-32(39(30)67-28-12-15-54-22-28)61-41(65)34-20-33(56-23-57-34)40(64)60-31-18-25(42(44,45)46)16-29(38(31)66-27-11-14-53-21-27)58-36(62)9-5-3-2-4-8-35(51)52/h16-20,23,27-28,53-54H,2-15,21-22H2,1H3,(H2,50,55)(H3,51,52)(H,58,62)(H,59,63)(H,60,64)(H,61,65)/t27-,28-/m0/s1. The minimum Gasteiger partial charge on any atom is -0.485 e. The molecule has 0 unspecified atom stereocenters. The third kappa shape index (κ3) is 16.1. The number of anilines is 4. The number of rotatable bonds is 22. The van der Waals surface area contributed by atoms with Crippen LogP contribution in [0.1, 0.15) is 110 Å². The molecular weight excluding hydrogens is 895 g/mol. The molecule has 2 aliphatic rings. The van der Waals surface area contributed by atoms with Crippen molar-refractivity contribution in [1.82, 2.24) is 20.6 Å². The maximum absolute atomic E-state index is 14.3. The lowest BCUT2D eigenvalue weighted by molar-refractivity contribution is -0.138. The summed E-state index contributed by atoms with van der Waals surface area (Å²) in [6.45, 7) is 3.62. The van der Waals surface area contributed by atoms with Gasteiger partial charge in [-0.3, -0.25) is 29.6 Å². The fourth-order valence-corrected chi connectivity index (χ4v) is 7.01. The maximum atomic E-state index is 14.3. The highest BCUT2D eigenvalue weighted by Gasteiger charge is 2.36. The predicted octanol–water partition coefficient (Wildman–Crippen LogP) is 6.20. The smallest absolute Gasteiger partial charge is 0.416 e. The molecule has 2 aromatic carbocycles. The summed E-state index contributed by atoms with van der Waals surface area (Å²) >= 11 is 0. The van der Waals surface area contributed by atoms with Crippen molar-refractivity contribution in [1.29, 1.82) is 5.41 Å². The fraction of sp³-hybridized carbons (Fsp3) is 0.488. The largest absolute Gasteiger partial charge is 0.485 e. The van der Waals surface area contributed by atoms with Crippen LogP contribution < -0.4 is 52.8 Å². The van der Waals surface area contributed by atoms with Crippen molar-refractivity contribution in [2.24, 2.45) is 16.5 Å². The van der Waals surface area contributed by atoms with Gasteiger partial charge in [-0.25, -0.2) is 9.97 Å². The Balaban J connectivity index is 1.42. The normalized spacial score (nSPS) is 16.3. The number of hydrogen-bond donors (Lipinski definition) is 9. The second-order valence-corrected chi connectivity index (χ2v) is 16.0. The van der Waals surface area contributed by atoms with Crippen LogP contribution >= 0.6 is 0 Å². The molecule has 4 amide bonds. The molecule has 0 saturated carbocycles. The first-order chi connectivity index (χ1) is 31.8. The number of hydrogen-bond acceptors (Lipinski definition) is 12. The number of halogens is 6. The van der Waals surface area contributed by atoms with Gasteiger partial charge in [0.05, 0.1) is 45.5 Å². The number of nitrogens with one attached hydrogen (secondary N) is 7. The van der Waals surface area contributed by atoms with Crippen LogP contribution in [0.15, 0.2) is 41.7 Å². The summed E-state index contributed by atoms with van der Waals surface area (Å²) in [4.78, 5) is 65.5. The van der Waals surface area contributed by atoms with Crippen LogP contribution in [0.2, 0.25) is 0 Å². The van der Waals surface area contributed by atoms with E-state index < -0.39 is 82.1 Å². The second kappa shape index (κ2) is 23.8. The Kier molecular flexibility index (Phi) is 18.2. The topological polar surface area (TPSA) is 273 Å². The van der Waals surface area contributed by atoms with Crippen molar-refractivity contribution in [2.45, 2.75) is 102 Å². The Hall–Kier alpha value is -6.56. The number of nitrogens with two attached hydrogens (primary N) is 2. The summed E-state index contributed by atoms with van der Waals surface area (Å²) in [6.07, 6.45) is -5.97. The van der Waals surface area contributed by atoms with Gasteiger partial charge in [0.1, 0.15) is 29.9 Å². The summed E-state index contributed by atoms with van der Waals surface area (Å²) in [6, 6.07) is 3.49. The summed E-state index contributed by atoms with van der Waals surface area (Å²) < 4.78 is 98.1. The minimum absolute atomic E-state index is 0.0397. The van der Waals surface area contributed by atoms with E-state index in [4.69, 9.17) is 26.4 Å². The lowest BCUT2D eigenvalue weighted by Gasteiger charge is -2.22. The molecule has 2 atom stereocenters. The van der Waals surface area contributed by atoms with Gasteiger partial charge in [0.15, 0.2) is 11.5 Å². The molecule has 18 nitrogen and oxygen atoms in total. The lowest BCUT2D eigenvalue weighted by atomic mass is 10.1. The van der Waals surface area contributed by atoms with E-state index in [1.807, 2.05) is 0 Å². The van der Waals surface area contributed by atoms with Crippen molar-refractivity contribution in [2.75, 3.05) is 54.0 Å². The van der Waals surface area contributed by atoms with Crippen LogP contribution in [0.3, 0.4) is 0 Å². The molecule has 0 aliphatic carbocycles. The van der Waals surface area contributed by atoms with Gasteiger partial charge in [-0.05, 0) is 82.8 Å². The summed E-state index contributed by atoms with van der Waals surface area (Å²) in [7, 11) is 0. The first-order valence-corrected chi connectivity index (χ1v) is 21.7. The Morgan fingerprint density at radius 1 is 0.672 bits per heavy atom. The van der Waals surface area contributed by atoms with E-state index in [-0.39, 0.29) is 41.6 Å². The van der Waals surface area contributed by atoms with E-state index in [2.05, 4.69) is 46.9 Å². The number of carbonyl (C=O) groups is 4. The molecule has 11 N–H and O–H groups in total. The van der Waals surface area contributed by atoms with E-state index >= 15 is 0 Å². The summed E-state index contributed by atoms with van der Waals surface area (Å²) in [5.74, 6) is -3.68. The molecule has 2 aliphatic heterocycles. The average Bonchev–Trinajstić information content (AvgIpc) is 3.98.